The molecule has 1 aromatic rings. The smallest absolute Gasteiger partial charge is 0.400 e. The molecule has 23 heavy (non-hydrogen) atoms. The third-order valence-corrected chi connectivity index (χ3v) is 5.28. The van der Waals surface area contributed by atoms with Crippen molar-refractivity contribution < 1.29 is 14.0 Å². The van der Waals surface area contributed by atoms with E-state index in [-0.39, 0.29) is 24.4 Å². The summed E-state index contributed by atoms with van der Waals surface area (Å²) in [5, 5.41) is 0. The van der Waals surface area contributed by atoms with Gasteiger partial charge in [0.05, 0.1) is 23.9 Å². The van der Waals surface area contributed by atoms with Gasteiger partial charge in [-0.05, 0) is 58.1 Å². The molecule has 0 aliphatic carbocycles. The van der Waals surface area contributed by atoms with E-state index in [1.807, 2.05) is 0 Å². The molecule has 0 saturated carbocycles. The maximum Gasteiger partial charge on any atom is 0.487 e. The van der Waals surface area contributed by atoms with Crippen LogP contribution in [0.1, 0.15) is 46.1 Å². The van der Waals surface area contributed by atoms with Gasteiger partial charge in [0.1, 0.15) is 0 Å². The predicted molar refractivity (Wildman–Crippen MR) is 93.3 cm³/mol. The fraction of sp³-hybridized carbons (Fsp3) is 0.579. The summed E-state index contributed by atoms with van der Waals surface area (Å²) in [4.78, 5) is 0. The van der Waals surface area contributed by atoms with E-state index >= 15 is 0 Å². The summed E-state index contributed by atoms with van der Waals surface area (Å²) in [5.41, 5.74) is 2.11. The van der Waals surface area contributed by atoms with Gasteiger partial charge in [0, 0.05) is 0 Å². The van der Waals surface area contributed by atoms with Crippen molar-refractivity contribution in [3.8, 4) is 0 Å². The summed E-state index contributed by atoms with van der Waals surface area (Å²) in [6.45, 7) is 9.14. The lowest BCUT2D eigenvalue weighted by molar-refractivity contribution is 0.00578. The van der Waals surface area contributed by atoms with E-state index in [2.05, 4.69) is 64.0 Å². The Morgan fingerprint density at radius 2 is 1.74 bits per heavy atom. The Hall–Kier alpha value is -1.10. The van der Waals surface area contributed by atoms with E-state index in [1.165, 1.54) is 11.1 Å². The number of aryl methyl sites for hydroxylation is 1. The maximum atomic E-state index is 6.08. The highest BCUT2D eigenvalue weighted by Gasteiger charge is 2.50. The fourth-order valence-electron chi connectivity index (χ4n) is 3.12. The average Bonchev–Trinajstić information content (AvgIpc) is 3.00. The van der Waals surface area contributed by atoms with E-state index in [0.29, 0.717) is 0 Å². The quantitative estimate of drug-likeness (QED) is 0.787. The lowest BCUT2D eigenvalue weighted by Gasteiger charge is -2.32. The van der Waals surface area contributed by atoms with Crippen molar-refractivity contribution in [1.82, 2.24) is 0 Å². The Morgan fingerprint density at radius 3 is 2.39 bits per heavy atom. The van der Waals surface area contributed by atoms with Crippen LogP contribution in [0, 0.1) is 0 Å². The van der Waals surface area contributed by atoms with Crippen LogP contribution < -0.4 is 0 Å². The Kier molecular flexibility index (Phi) is 4.68. The molecule has 124 valence electrons. The number of benzene rings is 1. The molecule has 0 N–H and O–H groups in total. The van der Waals surface area contributed by atoms with Crippen molar-refractivity contribution in [3.05, 3.63) is 47.4 Å². The van der Waals surface area contributed by atoms with Crippen molar-refractivity contribution in [2.75, 3.05) is 6.61 Å². The van der Waals surface area contributed by atoms with E-state index in [9.17, 15) is 0 Å². The lowest BCUT2D eigenvalue weighted by Crippen LogP contribution is -2.41. The van der Waals surface area contributed by atoms with Gasteiger partial charge in [0.15, 0.2) is 0 Å². The van der Waals surface area contributed by atoms with Gasteiger partial charge in [-0.25, -0.2) is 0 Å². The summed E-state index contributed by atoms with van der Waals surface area (Å²) < 4.78 is 18.1. The first kappa shape index (κ1) is 16.8. The number of hydrogen-bond acceptors (Lipinski definition) is 3. The van der Waals surface area contributed by atoms with Crippen LogP contribution in [0.15, 0.2) is 41.9 Å². The van der Waals surface area contributed by atoms with Crippen LogP contribution in [0.3, 0.4) is 0 Å². The topological polar surface area (TPSA) is 27.7 Å². The molecule has 0 aromatic heterocycles. The number of rotatable bonds is 4. The van der Waals surface area contributed by atoms with E-state index < -0.39 is 0 Å². The van der Waals surface area contributed by atoms with Gasteiger partial charge in [0.25, 0.3) is 0 Å². The van der Waals surface area contributed by atoms with Gasteiger partial charge in [0.2, 0.25) is 0 Å². The molecule has 2 heterocycles. The number of hydrogen-bond donors (Lipinski definition) is 0. The molecule has 2 saturated heterocycles. The molecule has 1 aromatic carbocycles. The van der Waals surface area contributed by atoms with Crippen LogP contribution in [0.2, 0.25) is 0 Å². The van der Waals surface area contributed by atoms with Crippen molar-refractivity contribution in [2.45, 2.75) is 64.3 Å². The van der Waals surface area contributed by atoms with Gasteiger partial charge in [-0.15, -0.1) is 0 Å². The molecule has 2 fully saturated rings. The van der Waals surface area contributed by atoms with Crippen molar-refractivity contribution in [3.63, 3.8) is 0 Å². The van der Waals surface area contributed by atoms with Crippen molar-refractivity contribution >= 4 is 7.12 Å². The first-order valence-electron chi connectivity index (χ1n) is 8.59. The molecule has 0 bridgehead atoms. The fourth-order valence-corrected chi connectivity index (χ4v) is 3.12. The summed E-state index contributed by atoms with van der Waals surface area (Å²) >= 11 is 0. The standard InChI is InChI=1S/C19H27BO3/c1-18(2)19(3,4)23-20(22-18)14-16-12-13-21-17(16)11-10-15-8-6-5-7-9-15/h5-9,14,17H,10-13H2,1-4H3/b16-14+. The van der Waals surface area contributed by atoms with Gasteiger partial charge in [-0.2, -0.15) is 0 Å². The van der Waals surface area contributed by atoms with E-state index in [0.717, 1.165) is 25.9 Å². The van der Waals surface area contributed by atoms with Crippen LogP contribution in [0.25, 0.3) is 0 Å². The predicted octanol–water partition coefficient (Wildman–Crippen LogP) is 3.97. The molecule has 3 rings (SSSR count). The highest BCUT2D eigenvalue weighted by atomic mass is 16.7. The van der Waals surface area contributed by atoms with Crippen LogP contribution in [-0.2, 0) is 20.5 Å². The van der Waals surface area contributed by atoms with Crippen molar-refractivity contribution in [1.29, 1.82) is 0 Å². The van der Waals surface area contributed by atoms with E-state index in [1.54, 1.807) is 0 Å². The van der Waals surface area contributed by atoms with Crippen LogP contribution in [-0.4, -0.2) is 31.0 Å². The monoisotopic (exact) mass is 314 g/mol. The molecule has 2 aliphatic rings. The third-order valence-electron chi connectivity index (χ3n) is 5.28. The maximum absolute atomic E-state index is 6.08. The minimum absolute atomic E-state index is 0.189. The first-order valence-corrected chi connectivity index (χ1v) is 8.59. The second kappa shape index (κ2) is 6.42. The lowest BCUT2D eigenvalue weighted by atomic mass is 9.84. The SMILES string of the molecule is CC1(C)OB(/C=C2\CCOC2CCc2ccccc2)OC1(C)C. The molecular formula is C19H27BO3. The second-order valence-corrected chi connectivity index (χ2v) is 7.50. The zero-order valence-electron chi connectivity index (χ0n) is 14.7. The van der Waals surface area contributed by atoms with Crippen molar-refractivity contribution in [2.24, 2.45) is 0 Å². The molecular weight excluding hydrogens is 287 g/mol. The minimum Gasteiger partial charge on any atom is -0.400 e. The highest BCUT2D eigenvalue weighted by molar-refractivity contribution is 6.51. The van der Waals surface area contributed by atoms with E-state index in [4.69, 9.17) is 14.0 Å². The molecule has 0 amide bonds. The molecule has 0 radical (unpaired) electrons. The van der Waals surface area contributed by atoms with Crippen LogP contribution >= 0.6 is 0 Å². The van der Waals surface area contributed by atoms with Gasteiger partial charge < -0.3 is 14.0 Å². The summed E-state index contributed by atoms with van der Waals surface area (Å²) in [7, 11) is -0.268. The minimum atomic E-state index is -0.284. The normalized spacial score (nSPS) is 27.7. The Morgan fingerprint density at radius 1 is 1.09 bits per heavy atom. The average molecular weight is 314 g/mol. The highest BCUT2D eigenvalue weighted by Crippen LogP contribution is 2.38. The zero-order chi connectivity index (χ0) is 16.5. The van der Waals surface area contributed by atoms with Gasteiger partial charge >= 0.3 is 7.12 Å². The Labute approximate surface area is 140 Å². The van der Waals surface area contributed by atoms with Gasteiger partial charge in [-0.1, -0.05) is 36.3 Å². The molecule has 2 aliphatic heterocycles. The van der Waals surface area contributed by atoms with Gasteiger partial charge in [-0.3, -0.25) is 0 Å². The number of ether oxygens (including phenoxy) is 1. The summed E-state index contributed by atoms with van der Waals surface area (Å²) in [6, 6.07) is 10.6. The summed E-state index contributed by atoms with van der Waals surface area (Å²) in [6.07, 6.45) is 3.21. The Bertz CT molecular complexity index is 549. The van der Waals surface area contributed by atoms with Crippen LogP contribution in [0.5, 0.6) is 0 Å². The second-order valence-electron chi connectivity index (χ2n) is 7.50. The molecule has 1 unspecified atom stereocenters. The Balaban J connectivity index is 1.63. The van der Waals surface area contributed by atoms with Crippen LogP contribution in [0.4, 0.5) is 0 Å². The molecule has 0 spiro atoms. The summed E-state index contributed by atoms with van der Waals surface area (Å²) in [5.74, 6) is 2.14. The zero-order valence-corrected chi connectivity index (χ0v) is 14.7. The molecule has 1 atom stereocenters. The molecule has 4 heteroatoms. The largest absolute Gasteiger partial charge is 0.487 e. The first-order chi connectivity index (χ1) is 10.9. The molecule has 3 nitrogen and oxygen atoms in total. The third kappa shape index (κ3) is 3.71.